The number of aromatic nitrogens is 2. The highest BCUT2D eigenvalue weighted by molar-refractivity contribution is 5.68. The molecule has 1 N–H and O–H groups in total. The van der Waals surface area contributed by atoms with E-state index in [4.69, 9.17) is 5.11 Å². The highest BCUT2D eigenvalue weighted by Crippen LogP contribution is 2.29. The van der Waals surface area contributed by atoms with Crippen molar-refractivity contribution in [3.63, 3.8) is 0 Å². The van der Waals surface area contributed by atoms with Crippen molar-refractivity contribution < 1.29 is 23.1 Å². The Labute approximate surface area is 114 Å². The molecule has 1 aromatic rings. The fraction of sp³-hybridized carbons (Fsp3) is 0.667. The van der Waals surface area contributed by atoms with Crippen LogP contribution < -0.4 is 0 Å². The van der Waals surface area contributed by atoms with Crippen LogP contribution in [0.1, 0.15) is 30.3 Å². The molecule has 0 aliphatic carbocycles. The molecule has 20 heavy (non-hydrogen) atoms. The van der Waals surface area contributed by atoms with E-state index < -0.39 is 18.8 Å². The summed E-state index contributed by atoms with van der Waals surface area (Å²) in [6.07, 6.45) is -2.69. The number of aryl methyl sites for hydroxylation is 1. The molecular formula is C12H16F3N3O2. The molecule has 1 aromatic heterocycles. The van der Waals surface area contributed by atoms with Crippen LogP contribution in [0.2, 0.25) is 0 Å². The van der Waals surface area contributed by atoms with Crippen LogP contribution in [0.3, 0.4) is 0 Å². The Kier molecular flexibility index (Phi) is 4.03. The maximum Gasteiger partial charge on any atom is 0.416 e. The summed E-state index contributed by atoms with van der Waals surface area (Å²) < 4.78 is 37.9. The summed E-state index contributed by atoms with van der Waals surface area (Å²) in [4.78, 5) is 16.5. The highest BCUT2D eigenvalue weighted by Gasteiger charge is 2.33. The van der Waals surface area contributed by atoms with Gasteiger partial charge in [0.2, 0.25) is 0 Å². The van der Waals surface area contributed by atoms with Gasteiger partial charge in [-0.2, -0.15) is 13.2 Å². The minimum absolute atomic E-state index is 0.0267. The molecule has 0 unspecified atom stereocenters. The zero-order valence-corrected chi connectivity index (χ0v) is 11.0. The Hall–Kier alpha value is -1.57. The van der Waals surface area contributed by atoms with Gasteiger partial charge in [-0.25, -0.2) is 14.3 Å². The van der Waals surface area contributed by atoms with Gasteiger partial charge in [0.15, 0.2) is 0 Å². The van der Waals surface area contributed by atoms with Gasteiger partial charge < -0.3 is 5.11 Å². The molecule has 1 aliphatic rings. The lowest BCUT2D eigenvalue weighted by Gasteiger charge is -2.31. The van der Waals surface area contributed by atoms with E-state index in [9.17, 15) is 18.0 Å². The Balaban J connectivity index is 1.97. The summed E-state index contributed by atoms with van der Waals surface area (Å²) in [6, 6.07) is 0. The van der Waals surface area contributed by atoms with Crippen molar-refractivity contribution in [1.29, 1.82) is 0 Å². The van der Waals surface area contributed by atoms with Crippen LogP contribution in [0.4, 0.5) is 18.0 Å². The third-order valence-corrected chi connectivity index (χ3v) is 3.52. The van der Waals surface area contributed by atoms with Crippen LogP contribution in [-0.2, 0) is 0 Å². The third kappa shape index (κ3) is 3.50. The SMILES string of the molecule is Cc1nc(C2CCN(CC(F)(F)F)CC2)cn1C(=O)O. The fourth-order valence-electron chi connectivity index (χ4n) is 2.53. The molecule has 0 spiro atoms. The zero-order chi connectivity index (χ0) is 14.9. The van der Waals surface area contributed by atoms with Gasteiger partial charge in [-0.05, 0) is 32.9 Å². The lowest BCUT2D eigenvalue weighted by atomic mass is 9.94. The molecule has 0 radical (unpaired) electrons. The van der Waals surface area contributed by atoms with Gasteiger partial charge in [-0.15, -0.1) is 0 Å². The molecule has 1 aliphatic heterocycles. The van der Waals surface area contributed by atoms with Crippen molar-refractivity contribution >= 4 is 6.09 Å². The lowest BCUT2D eigenvalue weighted by molar-refractivity contribution is -0.147. The van der Waals surface area contributed by atoms with Gasteiger partial charge in [0, 0.05) is 12.1 Å². The quantitative estimate of drug-likeness (QED) is 0.909. The number of nitrogens with zero attached hydrogens (tertiary/aromatic N) is 3. The monoisotopic (exact) mass is 291 g/mol. The first kappa shape index (κ1) is 14.8. The number of likely N-dealkylation sites (tertiary alicyclic amines) is 1. The van der Waals surface area contributed by atoms with E-state index in [0.29, 0.717) is 37.4 Å². The van der Waals surface area contributed by atoms with Crippen LogP contribution in [-0.4, -0.2) is 51.5 Å². The summed E-state index contributed by atoms with van der Waals surface area (Å²) in [5.74, 6) is 0.406. The van der Waals surface area contributed by atoms with Crippen molar-refractivity contribution in [2.75, 3.05) is 19.6 Å². The molecule has 0 aromatic carbocycles. The normalized spacial score (nSPS) is 18.4. The van der Waals surface area contributed by atoms with E-state index in [-0.39, 0.29) is 5.92 Å². The van der Waals surface area contributed by atoms with Crippen LogP contribution in [0, 0.1) is 6.92 Å². The molecule has 5 nitrogen and oxygen atoms in total. The summed E-state index contributed by atoms with van der Waals surface area (Å²) in [7, 11) is 0. The van der Waals surface area contributed by atoms with Crippen molar-refractivity contribution in [1.82, 2.24) is 14.5 Å². The molecule has 8 heteroatoms. The molecule has 0 atom stereocenters. The molecular weight excluding hydrogens is 275 g/mol. The largest absolute Gasteiger partial charge is 0.464 e. The Morgan fingerprint density at radius 3 is 2.50 bits per heavy atom. The Morgan fingerprint density at radius 1 is 1.45 bits per heavy atom. The first-order chi connectivity index (χ1) is 9.26. The van der Waals surface area contributed by atoms with Gasteiger partial charge in [-0.1, -0.05) is 0 Å². The maximum atomic E-state index is 12.3. The van der Waals surface area contributed by atoms with Gasteiger partial charge in [0.25, 0.3) is 0 Å². The standard InChI is InChI=1S/C12H16F3N3O2/c1-8-16-10(6-18(8)11(19)20)9-2-4-17(5-3-9)7-12(13,14)15/h6,9H,2-5,7H2,1H3,(H,19,20). The van der Waals surface area contributed by atoms with E-state index in [0.717, 1.165) is 4.57 Å². The topological polar surface area (TPSA) is 58.4 Å². The predicted molar refractivity (Wildman–Crippen MR) is 64.9 cm³/mol. The molecule has 1 fully saturated rings. The van der Waals surface area contributed by atoms with Crippen LogP contribution in [0.5, 0.6) is 0 Å². The van der Waals surface area contributed by atoms with E-state index in [2.05, 4.69) is 4.98 Å². The Bertz CT molecular complexity index is 491. The van der Waals surface area contributed by atoms with Gasteiger partial charge in [-0.3, -0.25) is 4.90 Å². The summed E-state index contributed by atoms with van der Waals surface area (Å²) in [5.41, 5.74) is 0.650. The van der Waals surface area contributed by atoms with Crippen LogP contribution in [0.25, 0.3) is 0 Å². The predicted octanol–water partition coefficient (Wildman–Crippen LogP) is 2.46. The minimum Gasteiger partial charge on any atom is -0.464 e. The number of imidazole rings is 1. The molecule has 0 bridgehead atoms. The molecule has 2 rings (SSSR count). The van der Waals surface area contributed by atoms with Crippen molar-refractivity contribution in [3.8, 4) is 0 Å². The lowest BCUT2D eigenvalue weighted by Crippen LogP contribution is -2.39. The van der Waals surface area contributed by atoms with Crippen LogP contribution >= 0.6 is 0 Å². The second kappa shape index (κ2) is 5.43. The Morgan fingerprint density at radius 2 is 2.05 bits per heavy atom. The molecule has 1 saturated heterocycles. The van der Waals surface area contributed by atoms with Gasteiger partial charge in [0.05, 0.1) is 12.2 Å². The number of halogens is 3. The van der Waals surface area contributed by atoms with Crippen molar-refractivity contribution in [2.24, 2.45) is 0 Å². The second-order valence-electron chi connectivity index (χ2n) is 5.03. The fourth-order valence-corrected chi connectivity index (χ4v) is 2.53. The average molecular weight is 291 g/mol. The number of hydrogen-bond donors (Lipinski definition) is 1. The van der Waals surface area contributed by atoms with Crippen molar-refractivity contribution in [2.45, 2.75) is 31.9 Å². The van der Waals surface area contributed by atoms with Crippen molar-refractivity contribution in [3.05, 3.63) is 17.7 Å². The van der Waals surface area contributed by atoms with Gasteiger partial charge >= 0.3 is 12.3 Å². The van der Waals surface area contributed by atoms with E-state index in [1.54, 1.807) is 6.92 Å². The number of carboxylic acid groups (broad SMARTS) is 1. The number of alkyl halides is 3. The molecule has 0 saturated carbocycles. The third-order valence-electron chi connectivity index (χ3n) is 3.52. The van der Waals surface area contributed by atoms with Crippen LogP contribution in [0.15, 0.2) is 6.20 Å². The summed E-state index contributed by atoms with van der Waals surface area (Å²) in [6.45, 7) is 1.41. The minimum atomic E-state index is -4.17. The molecule has 2 heterocycles. The summed E-state index contributed by atoms with van der Waals surface area (Å²) in [5, 5.41) is 8.94. The number of carbonyl (C=O) groups is 1. The number of hydrogen-bond acceptors (Lipinski definition) is 3. The van der Waals surface area contributed by atoms with E-state index in [1.807, 2.05) is 0 Å². The average Bonchev–Trinajstić information content (AvgIpc) is 2.70. The van der Waals surface area contributed by atoms with E-state index >= 15 is 0 Å². The smallest absolute Gasteiger partial charge is 0.416 e. The first-order valence-corrected chi connectivity index (χ1v) is 6.34. The second-order valence-corrected chi connectivity index (χ2v) is 5.03. The zero-order valence-electron chi connectivity index (χ0n) is 11.0. The number of rotatable bonds is 2. The number of piperidine rings is 1. The summed E-state index contributed by atoms with van der Waals surface area (Å²) >= 11 is 0. The van der Waals surface area contributed by atoms with Gasteiger partial charge in [0.1, 0.15) is 5.82 Å². The van der Waals surface area contributed by atoms with E-state index in [1.165, 1.54) is 11.1 Å². The molecule has 112 valence electrons. The first-order valence-electron chi connectivity index (χ1n) is 6.34. The molecule has 0 amide bonds. The maximum absolute atomic E-state index is 12.3. The highest BCUT2D eigenvalue weighted by atomic mass is 19.4.